The molecule has 0 fully saturated rings. The molecule has 0 bridgehead atoms. The average molecular weight is 300 g/mol. The van der Waals surface area contributed by atoms with Crippen molar-refractivity contribution < 1.29 is 9.53 Å². The van der Waals surface area contributed by atoms with Gasteiger partial charge in [0, 0.05) is 11.0 Å². The summed E-state index contributed by atoms with van der Waals surface area (Å²) in [6, 6.07) is 8.18. The van der Waals surface area contributed by atoms with Gasteiger partial charge in [-0.3, -0.25) is 4.79 Å². The number of halogens is 1. The summed E-state index contributed by atoms with van der Waals surface area (Å²) in [6.07, 6.45) is 0.791. The predicted molar refractivity (Wildman–Crippen MR) is 71.7 cm³/mol. The van der Waals surface area contributed by atoms with Crippen LogP contribution in [0, 0.1) is 0 Å². The number of rotatable bonds is 7. The number of benzene rings is 1. The Morgan fingerprint density at radius 3 is 2.88 bits per heavy atom. The number of carbonyl (C=O) groups excluding carboxylic acids is 1. The maximum atomic E-state index is 10.3. The van der Waals surface area contributed by atoms with Crippen molar-refractivity contribution in [2.75, 3.05) is 6.54 Å². The molecule has 1 aromatic carbocycles. The van der Waals surface area contributed by atoms with Gasteiger partial charge in [-0.2, -0.15) is 0 Å². The standard InChI is InChI=1S/C13H18BrNO2/c1-13(2,17-10-16)6-7-15-9-11-4-3-5-12(14)8-11/h3-5,8,10,15H,6-7,9H2,1-2H3. The molecule has 0 aliphatic heterocycles. The molecule has 1 rings (SSSR count). The van der Waals surface area contributed by atoms with Gasteiger partial charge in [0.05, 0.1) is 0 Å². The third kappa shape index (κ3) is 5.84. The molecule has 0 amide bonds. The molecular formula is C13H18BrNO2. The summed E-state index contributed by atoms with van der Waals surface area (Å²) in [5, 5.41) is 3.33. The average Bonchev–Trinajstić information content (AvgIpc) is 2.24. The second-order valence-electron chi connectivity index (χ2n) is 4.53. The highest BCUT2D eigenvalue weighted by molar-refractivity contribution is 9.10. The lowest BCUT2D eigenvalue weighted by Crippen LogP contribution is -2.29. The molecule has 1 N–H and O–H groups in total. The van der Waals surface area contributed by atoms with Crippen molar-refractivity contribution >= 4 is 22.4 Å². The Balaban J connectivity index is 2.27. The molecule has 0 heterocycles. The van der Waals surface area contributed by atoms with Gasteiger partial charge < -0.3 is 10.1 Å². The van der Waals surface area contributed by atoms with Gasteiger partial charge in [0.2, 0.25) is 0 Å². The highest BCUT2D eigenvalue weighted by Gasteiger charge is 2.17. The van der Waals surface area contributed by atoms with Crippen LogP contribution in [0.15, 0.2) is 28.7 Å². The molecule has 3 nitrogen and oxygen atoms in total. The molecule has 4 heteroatoms. The van der Waals surface area contributed by atoms with Crippen molar-refractivity contribution in [2.45, 2.75) is 32.4 Å². The molecule has 0 atom stereocenters. The van der Waals surface area contributed by atoms with Crippen molar-refractivity contribution in [1.82, 2.24) is 5.32 Å². The lowest BCUT2D eigenvalue weighted by molar-refractivity contribution is -0.140. The molecule has 1 aromatic rings. The van der Waals surface area contributed by atoms with Gasteiger partial charge in [-0.25, -0.2) is 0 Å². The summed E-state index contributed by atoms with van der Waals surface area (Å²) >= 11 is 3.44. The number of ether oxygens (including phenoxy) is 1. The van der Waals surface area contributed by atoms with Gasteiger partial charge in [-0.15, -0.1) is 0 Å². The van der Waals surface area contributed by atoms with Crippen LogP contribution in [0.1, 0.15) is 25.8 Å². The highest BCUT2D eigenvalue weighted by atomic mass is 79.9. The minimum atomic E-state index is -0.397. The zero-order valence-corrected chi connectivity index (χ0v) is 11.8. The molecule has 0 saturated heterocycles. The van der Waals surface area contributed by atoms with E-state index in [9.17, 15) is 4.79 Å². The van der Waals surface area contributed by atoms with Crippen LogP contribution < -0.4 is 5.32 Å². The molecule has 94 valence electrons. The summed E-state index contributed by atoms with van der Waals surface area (Å²) in [5.74, 6) is 0. The summed E-state index contributed by atoms with van der Waals surface area (Å²) in [4.78, 5) is 10.3. The first-order valence-electron chi connectivity index (χ1n) is 5.60. The SMILES string of the molecule is CC(C)(CCNCc1cccc(Br)c1)OC=O. The fourth-order valence-corrected chi connectivity index (χ4v) is 1.90. The van der Waals surface area contributed by atoms with E-state index in [-0.39, 0.29) is 0 Å². The van der Waals surface area contributed by atoms with E-state index < -0.39 is 5.60 Å². The quantitative estimate of drug-likeness (QED) is 0.621. The molecule has 17 heavy (non-hydrogen) atoms. The minimum Gasteiger partial charge on any atom is -0.462 e. The number of hydrogen-bond donors (Lipinski definition) is 1. The lowest BCUT2D eigenvalue weighted by Gasteiger charge is -2.22. The Hall–Kier alpha value is -0.870. The fourth-order valence-electron chi connectivity index (χ4n) is 1.46. The van der Waals surface area contributed by atoms with Crippen molar-refractivity contribution in [3.63, 3.8) is 0 Å². The summed E-state index contributed by atoms with van der Waals surface area (Å²) in [5.41, 5.74) is 0.833. The van der Waals surface area contributed by atoms with Crippen LogP contribution in [-0.4, -0.2) is 18.6 Å². The van der Waals surface area contributed by atoms with Crippen LogP contribution in [0.4, 0.5) is 0 Å². The minimum absolute atomic E-state index is 0.397. The van der Waals surface area contributed by atoms with Crippen LogP contribution in [0.5, 0.6) is 0 Å². The maximum Gasteiger partial charge on any atom is 0.293 e. The Kier molecular flexibility index (Phi) is 5.65. The van der Waals surface area contributed by atoms with Gasteiger partial charge in [-0.1, -0.05) is 28.1 Å². The first-order valence-corrected chi connectivity index (χ1v) is 6.39. The normalized spacial score (nSPS) is 11.2. The van der Waals surface area contributed by atoms with E-state index in [4.69, 9.17) is 4.74 Å². The summed E-state index contributed by atoms with van der Waals surface area (Å²) in [6.45, 7) is 5.95. The van der Waals surface area contributed by atoms with Gasteiger partial charge >= 0.3 is 0 Å². The van der Waals surface area contributed by atoms with Crippen LogP contribution in [0.25, 0.3) is 0 Å². The Morgan fingerprint density at radius 1 is 1.47 bits per heavy atom. The molecule has 0 aliphatic carbocycles. The van der Waals surface area contributed by atoms with E-state index in [1.54, 1.807) is 0 Å². The van der Waals surface area contributed by atoms with E-state index in [0.29, 0.717) is 6.47 Å². The monoisotopic (exact) mass is 299 g/mol. The molecule has 0 aromatic heterocycles. The number of hydrogen-bond acceptors (Lipinski definition) is 3. The topological polar surface area (TPSA) is 38.3 Å². The summed E-state index contributed by atoms with van der Waals surface area (Å²) < 4.78 is 6.06. The highest BCUT2D eigenvalue weighted by Crippen LogP contribution is 2.13. The maximum absolute atomic E-state index is 10.3. The second kappa shape index (κ2) is 6.77. The predicted octanol–water partition coefficient (Wildman–Crippen LogP) is 2.88. The van der Waals surface area contributed by atoms with Crippen LogP contribution in [0.2, 0.25) is 0 Å². The van der Waals surface area contributed by atoms with Crippen molar-refractivity contribution in [3.05, 3.63) is 34.3 Å². The second-order valence-corrected chi connectivity index (χ2v) is 5.45. The molecule has 0 aliphatic rings. The first-order chi connectivity index (χ1) is 8.03. The third-order valence-corrected chi connectivity index (χ3v) is 2.98. The third-order valence-electron chi connectivity index (χ3n) is 2.49. The zero-order valence-electron chi connectivity index (χ0n) is 10.2. The molecule has 0 unspecified atom stereocenters. The summed E-state index contributed by atoms with van der Waals surface area (Å²) in [7, 11) is 0. The van der Waals surface area contributed by atoms with Crippen LogP contribution >= 0.6 is 15.9 Å². The van der Waals surface area contributed by atoms with Gasteiger partial charge in [0.1, 0.15) is 5.60 Å². The molecule has 0 saturated carbocycles. The first kappa shape index (κ1) is 14.2. The van der Waals surface area contributed by atoms with Crippen LogP contribution in [0.3, 0.4) is 0 Å². The molecule has 0 radical (unpaired) electrons. The van der Waals surface area contributed by atoms with Crippen molar-refractivity contribution in [3.8, 4) is 0 Å². The van der Waals surface area contributed by atoms with Crippen molar-refractivity contribution in [1.29, 1.82) is 0 Å². The fraction of sp³-hybridized carbons (Fsp3) is 0.462. The zero-order chi connectivity index (χ0) is 12.7. The van der Waals surface area contributed by atoms with E-state index in [1.807, 2.05) is 26.0 Å². The van der Waals surface area contributed by atoms with E-state index in [1.165, 1.54) is 5.56 Å². The van der Waals surface area contributed by atoms with E-state index >= 15 is 0 Å². The van der Waals surface area contributed by atoms with E-state index in [2.05, 4.69) is 33.4 Å². The van der Waals surface area contributed by atoms with Crippen LogP contribution in [-0.2, 0) is 16.1 Å². The largest absolute Gasteiger partial charge is 0.462 e. The lowest BCUT2D eigenvalue weighted by atomic mass is 10.1. The molecular weight excluding hydrogens is 282 g/mol. The van der Waals surface area contributed by atoms with Gasteiger partial charge in [0.15, 0.2) is 0 Å². The Bertz CT molecular complexity index is 366. The number of carbonyl (C=O) groups is 1. The molecule has 0 spiro atoms. The smallest absolute Gasteiger partial charge is 0.293 e. The Morgan fingerprint density at radius 2 is 2.24 bits per heavy atom. The van der Waals surface area contributed by atoms with Crippen molar-refractivity contribution in [2.24, 2.45) is 0 Å². The number of nitrogens with one attached hydrogen (secondary N) is 1. The van der Waals surface area contributed by atoms with Gasteiger partial charge in [0.25, 0.3) is 6.47 Å². The van der Waals surface area contributed by atoms with E-state index in [0.717, 1.165) is 24.0 Å². The Labute approximate surface area is 111 Å². The van der Waals surface area contributed by atoms with Gasteiger partial charge in [-0.05, 0) is 44.5 Å².